The Balaban J connectivity index is 1.63. The fraction of sp³-hybridized carbons (Fsp3) is 0.400. The molecule has 1 aliphatic carbocycles. The fourth-order valence-corrected chi connectivity index (χ4v) is 2.13. The zero-order valence-electron chi connectivity index (χ0n) is 11.0. The van der Waals surface area contributed by atoms with Gasteiger partial charge in [0.15, 0.2) is 0 Å². The molecule has 100 valence electrons. The van der Waals surface area contributed by atoms with E-state index < -0.39 is 6.10 Å². The van der Waals surface area contributed by atoms with Crippen LogP contribution in [0.5, 0.6) is 5.75 Å². The molecule has 19 heavy (non-hydrogen) atoms. The zero-order chi connectivity index (χ0) is 13.2. The number of ether oxygens (including phenoxy) is 1. The lowest BCUT2D eigenvalue weighted by Crippen LogP contribution is -2.03. The van der Waals surface area contributed by atoms with Crippen molar-refractivity contribution in [2.45, 2.75) is 38.5 Å². The Morgan fingerprint density at radius 2 is 2.11 bits per heavy atom. The van der Waals surface area contributed by atoms with Crippen molar-refractivity contribution in [3.63, 3.8) is 0 Å². The van der Waals surface area contributed by atoms with Crippen LogP contribution in [0.2, 0.25) is 0 Å². The first-order valence-electron chi connectivity index (χ1n) is 6.65. The van der Waals surface area contributed by atoms with Gasteiger partial charge in [0, 0.05) is 6.04 Å². The maximum absolute atomic E-state index is 9.45. The second-order valence-corrected chi connectivity index (χ2v) is 5.06. The summed E-state index contributed by atoms with van der Waals surface area (Å²) in [6.45, 7) is 2.29. The number of benzene rings is 1. The number of rotatable bonds is 5. The molecule has 1 N–H and O–H groups in total. The molecule has 1 fully saturated rings. The molecule has 4 heteroatoms. The number of aliphatic hydroxyl groups excluding tert-OH is 1. The molecule has 1 atom stereocenters. The van der Waals surface area contributed by atoms with Crippen molar-refractivity contribution in [3.8, 4) is 5.75 Å². The van der Waals surface area contributed by atoms with Gasteiger partial charge in [0.05, 0.1) is 24.3 Å². The second-order valence-electron chi connectivity index (χ2n) is 5.06. The van der Waals surface area contributed by atoms with Crippen LogP contribution < -0.4 is 4.74 Å². The van der Waals surface area contributed by atoms with Crippen molar-refractivity contribution in [2.75, 3.05) is 0 Å². The predicted molar refractivity (Wildman–Crippen MR) is 71.9 cm³/mol. The van der Waals surface area contributed by atoms with E-state index in [9.17, 15) is 5.11 Å². The van der Waals surface area contributed by atoms with Crippen LogP contribution in [0.1, 0.15) is 43.2 Å². The number of nitrogens with zero attached hydrogens (tertiary/aromatic N) is 2. The summed E-state index contributed by atoms with van der Waals surface area (Å²) in [5, 5.41) is 9.45. The highest BCUT2D eigenvalue weighted by Gasteiger charge is 2.25. The summed E-state index contributed by atoms with van der Waals surface area (Å²) in [7, 11) is 0. The van der Waals surface area contributed by atoms with Crippen LogP contribution in [-0.4, -0.2) is 14.7 Å². The van der Waals surface area contributed by atoms with Gasteiger partial charge in [-0.3, -0.25) is 0 Å². The van der Waals surface area contributed by atoms with Crippen molar-refractivity contribution in [1.82, 2.24) is 9.55 Å². The first kappa shape index (κ1) is 12.2. The molecule has 0 unspecified atom stereocenters. The molecule has 0 aliphatic heterocycles. The zero-order valence-corrected chi connectivity index (χ0v) is 11.0. The number of hydrogen-bond acceptors (Lipinski definition) is 3. The van der Waals surface area contributed by atoms with Crippen molar-refractivity contribution in [2.24, 2.45) is 0 Å². The molecule has 0 saturated heterocycles. The van der Waals surface area contributed by atoms with Crippen LogP contribution in [-0.2, 0) is 6.61 Å². The summed E-state index contributed by atoms with van der Waals surface area (Å²) in [6.07, 6.45) is 5.79. The number of hydrogen-bond donors (Lipinski definition) is 1. The van der Waals surface area contributed by atoms with E-state index in [2.05, 4.69) is 9.55 Å². The normalized spacial score (nSPS) is 16.3. The van der Waals surface area contributed by atoms with Gasteiger partial charge in [-0.15, -0.1) is 0 Å². The Hall–Kier alpha value is -1.81. The summed E-state index contributed by atoms with van der Waals surface area (Å²) in [4.78, 5) is 4.18. The van der Waals surface area contributed by atoms with E-state index in [4.69, 9.17) is 4.74 Å². The van der Waals surface area contributed by atoms with Gasteiger partial charge in [-0.1, -0.05) is 12.1 Å². The third-order valence-corrected chi connectivity index (χ3v) is 3.44. The Morgan fingerprint density at radius 3 is 2.74 bits per heavy atom. The van der Waals surface area contributed by atoms with E-state index >= 15 is 0 Å². The largest absolute Gasteiger partial charge is 0.487 e. The van der Waals surface area contributed by atoms with Crippen LogP contribution in [0.3, 0.4) is 0 Å². The Kier molecular flexibility index (Phi) is 3.25. The average Bonchev–Trinajstić information content (AvgIpc) is 3.16. The maximum atomic E-state index is 9.45. The predicted octanol–water partition coefficient (Wildman–Crippen LogP) is 2.85. The average molecular weight is 258 g/mol. The highest BCUT2D eigenvalue weighted by molar-refractivity contribution is 5.28. The number of aliphatic hydroxyl groups is 1. The fourth-order valence-electron chi connectivity index (χ4n) is 2.13. The van der Waals surface area contributed by atoms with Crippen molar-refractivity contribution in [3.05, 3.63) is 48.0 Å². The minimum absolute atomic E-state index is 0.439. The molecule has 0 radical (unpaired) electrons. The molecule has 4 nitrogen and oxygen atoms in total. The van der Waals surface area contributed by atoms with Gasteiger partial charge in [-0.25, -0.2) is 4.98 Å². The molecule has 1 saturated carbocycles. The molecule has 0 bridgehead atoms. The third kappa shape index (κ3) is 2.79. The van der Waals surface area contributed by atoms with Crippen molar-refractivity contribution in [1.29, 1.82) is 0 Å². The topological polar surface area (TPSA) is 47.3 Å². The molecule has 1 aliphatic rings. The van der Waals surface area contributed by atoms with Gasteiger partial charge in [0.25, 0.3) is 0 Å². The lowest BCUT2D eigenvalue weighted by atomic mass is 10.1. The first-order valence-corrected chi connectivity index (χ1v) is 6.65. The van der Waals surface area contributed by atoms with Gasteiger partial charge >= 0.3 is 0 Å². The van der Waals surface area contributed by atoms with E-state index in [-0.39, 0.29) is 0 Å². The Bertz CT molecular complexity index is 542. The summed E-state index contributed by atoms with van der Waals surface area (Å²) in [5.74, 6) is 0.813. The summed E-state index contributed by atoms with van der Waals surface area (Å²) < 4.78 is 7.96. The molecule has 1 aromatic heterocycles. The summed E-state index contributed by atoms with van der Waals surface area (Å²) in [5.41, 5.74) is 2.01. The monoisotopic (exact) mass is 258 g/mol. The van der Waals surface area contributed by atoms with Crippen LogP contribution in [0.25, 0.3) is 0 Å². The number of imidazole rings is 1. The van der Waals surface area contributed by atoms with E-state index in [0.29, 0.717) is 12.6 Å². The molecular weight excluding hydrogens is 240 g/mol. The lowest BCUT2D eigenvalue weighted by Gasteiger charge is -2.10. The van der Waals surface area contributed by atoms with E-state index in [1.54, 1.807) is 6.92 Å². The summed E-state index contributed by atoms with van der Waals surface area (Å²) in [6, 6.07) is 8.18. The molecule has 1 heterocycles. The molecule has 2 aromatic rings. The second kappa shape index (κ2) is 5.05. The van der Waals surface area contributed by atoms with Gasteiger partial charge in [0.1, 0.15) is 12.4 Å². The standard InChI is InChI=1S/C15H18N2O2/c1-11(18)12-2-6-15(7-3-12)19-9-14-8-16-10-17(14)13-4-5-13/h2-3,6-8,10-11,13,18H,4-5,9H2,1H3/t11-/m0/s1. The Labute approximate surface area is 112 Å². The smallest absolute Gasteiger partial charge is 0.130 e. The van der Waals surface area contributed by atoms with Gasteiger partial charge in [-0.2, -0.15) is 0 Å². The molecule has 3 rings (SSSR count). The maximum Gasteiger partial charge on any atom is 0.130 e. The van der Waals surface area contributed by atoms with Crippen LogP contribution in [0.4, 0.5) is 0 Å². The molecule has 0 spiro atoms. The van der Waals surface area contributed by atoms with Gasteiger partial charge < -0.3 is 14.4 Å². The van der Waals surface area contributed by atoms with E-state index in [0.717, 1.165) is 17.0 Å². The summed E-state index contributed by atoms with van der Waals surface area (Å²) >= 11 is 0. The van der Waals surface area contributed by atoms with Gasteiger partial charge in [-0.05, 0) is 37.5 Å². The molecule has 1 aromatic carbocycles. The van der Waals surface area contributed by atoms with Crippen molar-refractivity contribution >= 4 is 0 Å². The minimum atomic E-state index is -0.439. The van der Waals surface area contributed by atoms with Gasteiger partial charge in [0.2, 0.25) is 0 Å². The highest BCUT2D eigenvalue weighted by atomic mass is 16.5. The third-order valence-electron chi connectivity index (χ3n) is 3.44. The first-order chi connectivity index (χ1) is 9.24. The van der Waals surface area contributed by atoms with Crippen LogP contribution in [0.15, 0.2) is 36.8 Å². The van der Waals surface area contributed by atoms with E-state index in [1.165, 1.54) is 12.8 Å². The Morgan fingerprint density at radius 1 is 1.37 bits per heavy atom. The van der Waals surface area contributed by atoms with Crippen molar-refractivity contribution < 1.29 is 9.84 Å². The SMILES string of the molecule is C[C@H](O)c1ccc(OCc2cncn2C2CC2)cc1. The molecular formula is C15H18N2O2. The highest BCUT2D eigenvalue weighted by Crippen LogP contribution is 2.35. The minimum Gasteiger partial charge on any atom is -0.487 e. The lowest BCUT2D eigenvalue weighted by molar-refractivity contribution is 0.199. The number of aromatic nitrogens is 2. The van der Waals surface area contributed by atoms with E-state index in [1.807, 2.05) is 36.8 Å². The molecule has 0 amide bonds. The van der Waals surface area contributed by atoms with Crippen LogP contribution in [0, 0.1) is 0 Å². The quantitative estimate of drug-likeness (QED) is 0.897. The van der Waals surface area contributed by atoms with Crippen LogP contribution >= 0.6 is 0 Å².